The average molecular weight is 378 g/mol. The van der Waals surface area contributed by atoms with Crippen LogP contribution in [0, 0.1) is 23.2 Å². The SMILES string of the molecule is O=C(OC(CS(=O)(=O)[O-])C(F)(F)F)C12CC3CC(CC(C3)C1)C2.[Na+]. The number of ether oxygens (including phenoxy) is 1. The van der Waals surface area contributed by atoms with E-state index in [0.29, 0.717) is 37.0 Å². The largest absolute Gasteiger partial charge is 1.00 e. The molecule has 0 aromatic rings. The fraction of sp³-hybridized carbons (Fsp3) is 0.929. The summed E-state index contributed by atoms with van der Waals surface area (Å²) >= 11 is 0. The first-order valence-corrected chi connectivity index (χ1v) is 9.26. The molecule has 0 radical (unpaired) electrons. The Labute approximate surface area is 160 Å². The molecule has 1 atom stereocenters. The van der Waals surface area contributed by atoms with Gasteiger partial charge in [-0.15, -0.1) is 0 Å². The zero-order valence-electron chi connectivity index (χ0n) is 13.3. The van der Waals surface area contributed by atoms with Gasteiger partial charge in [-0.25, -0.2) is 8.42 Å². The first-order valence-electron chi connectivity index (χ1n) is 7.68. The number of hydrogen-bond acceptors (Lipinski definition) is 5. The molecule has 0 saturated heterocycles. The summed E-state index contributed by atoms with van der Waals surface area (Å²) in [5.41, 5.74) is -0.926. The fourth-order valence-corrected chi connectivity index (χ4v) is 5.62. The maximum atomic E-state index is 12.9. The maximum Gasteiger partial charge on any atom is 1.00 e. The molecule has 4 aliphatic rings. The Morgan fingerprint density at radius 3 is 1.88 bits per heavy atom. The zero-order chi connectivity index (χ0) is 17.0. The molecule has 0 spiro atoms. The molecular formula is C14H18F3NaO5S. The van der Waals surface area contributed by atoms with Gasteiger partial charge in [0.25, 0.3) is 0 Å². The molecule has 5 nitrogen and oxygen atoms in total. The second-order valence-electron chi connectivity index (χ2n) is 7.36. The number of carbonyl (C=O) groups excluding carboxylic acids is 1. The van der Waals surface area contributed by atoms with Crippen LogP contribution in [0.15, 0.2) is 0 Å². The fourth-order valence-electron chi connectivity index (χ4n) is 5.00. The van der Waals surface area contributed by atoms with Gasteiger partial charge in [0.1, 0.15) is 0 Å². The predicted octanol–water partition coefficient (Wildman–Crippen LogP) is -0.774. The quantitative estimate of drug-likeness (QED) is 0.364. The van der Waals surface area contributed by atoms with Crippen LogP contribution >= 0.6 is 0 Å². The van der Waals surface area contributed by atoms with E-state index in [-0.39, 0.29) is 29.6 Å². The normalized spacial score (nSPS) is 36.1. The van der Waals surface area contributed by atoms with Gasteiger partial charge in [-0.3, -0.25) is 4.79 Å². The Morgan fingerprint density at radius 1 is 1.12 bits per heavy atom. The van der Waals surface area contributed by atoms with Gasteiger partial charge in [0, 0.05) is 0 Å². The van der Waals surface area contributed by atoms with Gasteiger partial charge in [-0.05, 0) is 56.3 Å². The van der Waals surface area contributed by atoms with Gasteiger partial charge in [0.15, 0.2) is 0 Å². The van der Waals surface area contributed by atoms with E-state index in [0.717, 1.165) is 19.3 Å². The van der Waals surface area contributed by atoms with Crippen molar-refractivity contribution in [1.29, 1.82) is 0 Å². The van der Waals surface area contributed by atoms with Crippen LogP contribution in [0.3, 0.4) is 0 Å². The molecule has 4 bridgehead atoms. The van der Waals surface area contributed by atoms with Gasteiger partial charge < -0.3 is 9.29 Å². The van der Waals surface area contributed by atoms with E-state index in [9.17, 15) is 30.9 Å². The van der Waals surface area contributed by atoms with E-state index in [1.165, 1.54) is 0 Å². The first kappa shape index (κ1) is 20.5. The molecule has 4 aliphatic carbocycles. The molecule has 0 heterocycles. The van der Waals surface area contributed by atoms with Crippen LogP contribution in [0.5, 0.6) is 0 Å². The number of carbonyl (C=O) groups is 1. The van der Waals surface area contributed by atoms with Crippen LogP contribution in [-0.2, 0) is 19.6 Å². The molecule has 132 valence electrons. The number of esters is 1. The Kier molecular flexibility index (Phi) is 5.73. The van der Waals surface area contributed by atoms with Crippen LogP contribution in [-0.4, -0.2) is 37.0 Å². The summed E-state index contributed by atoms with van der Waals surface area (Å²) in [6, 6.07) is 0. The summed E-state index contributed by atoms with van der Waals surface area (Å²) < 4.78 is 75.3. The molecular weight excluding hydrogens is 360 g/mol. The molecule has 0 amide bonds. The Hall–Kier alpha value is 0.170. The van der Waals surface area contributed by atoms with Gasteiger partial charge >= 0.3 is 41.7 Å². The van der Waals surface area contributed by atoms with Crippen molar-refractivity contribution in [3.05, 3.63) is 0 Å². The second-order valence-corrected chi connectivity index (χ2v) is 8.81. The van der Waals surface area contributed by atoms with Crippen molar-refractivity contribution in [2.45, 2.75) is 50.8 Å². The van der Waals surface area contributed by atoms with Crippen molar-refractivity contribution in [1.82, 2.24) is 0 Å². The molecule has 0 N–H and O–H groups in total. The molecule has 4 saturated carbocycles. The van der Waals surface area contributed by atoms with Crippen molar-refractivity contribution < 1.29 is 65.2 Å². The molecule has 1 unspecified atom stereocenters. The van der Waals surface area contributed by atoms with E-state index >= 15 is 0 Å². The van der Waals surface area contributed by atoms with Crippen LogP contribution in [0.25, 0.3) is 0 Å². The third kappa shape index (κ3) is 4.28. The van der Waals surface area contributed by atoms with E-state index in [1.54, 1.807) is 0 Å². The topological polar surface area (TPSA) is 83.5 Å². The van der Waals surface area contributed by atoms with Crippen molar-refractivity contribution in [3.63, 3.8) is 0 Å². The van der Waals surface area contributed by atoms with E-state index in [2.05, 4.69) is 4.74 Å². The smallest absolute Gasteiger partial charge is 0.748 e. The minimum absolute atomic E-state index is 0. The number of rotatable bonds is 4. The van der Waals surface area contributed by atoms with Crippen LogP contribution in [0.2, 0.25) is 0 Å². The molecule has 0 aliphatic heterocycles. The summed E-state index contributed by atoms with van der Waals surface area (Å²) in [4.78, 5) is 12.4. The molecule has 24 heavy (non-hydrogen) atoms. The third-order valence-electron chi connectivity index (χ3n) is 5.44. The monoisotopic (exact) mass is 378 g/mol. The molecule has 4 rings (SSSR count). The second kappa shape index (κ2) is 6.72. The molecule has 4 fully saturated rings. The predicted molar refractivity (Wildman–Crippen MR) is 71.1 cm³/mol. The Bertz CT molecular complexity index is 569. The zero-order valence-corrected chi connectivity index (χ0v) is 16.2. The van der Waals surface area contributed by atoms with E-state index in [1.807, 2.05) is 0 Å². The number of hydrogen-bond donors (Lipinski definition) is 0. The van der Waals surface area contributed by atoms with E-state index in [4.69, 9.17) is 0 Å². The number of halogens is 3. The van der Waals surface area contributed by atoms with E-state index < -0.39 is 39.5 Å². The standard InChI is InChI=1S/C14H19F3O5S.Na/c15-14(16,17)11(7-23(19,20)21)22-12(18)13-4-8-1-9(5-13)3-10(2-8)6-13;/h8-11H,1-7H2,(H,19,20,21);/q;+1/p-1. The summed E-state index contributed by atoms with van der Waals surface area (Å²) in [5.74, 6) is -1.75. The minimum Gasteiger partial charge on any atom is -0.748 e. The number of alkyl halides is 3. The third-order valence-corrected chi connectivity index (χ3v) is 6.15. The summed E-state index contributed by atoms with van der Waals surface area (Å²) in [6.07, 6.45) is -3.43. The van der Waals surface area contributed by atoms with Crippen molar-refractivity contribution in [3.8, 4) is 0 Å². The molecule has 0 aromatic heterocycles. The molecule has 0 aromatic carbocycles. The van der Waals surface area contributed by atoms with Gasteiger partial charge in [-0.1, -0.05) is 0 Å². The summed E-state index contributed by atoms with van der Waals surface area (Å²) in [6.45, 7) is 0. The van der Waals surface area contributed by atoms with Crippen molar-refractivity contribution in [2.75, 3.05) is 5.75 Å². The van der Waals surface area contributed by atoms with Crippen molar-refractivity contribution >= 4 is 16.1 Å². The summed E-state index contributed by atoms with van der Waals surface area (Å²) in [7, 11) is -5.16. The van der Waals surface area contributed by atoms with Crippen molar-refractivity contribution in [2.24, 2.45) is 23.2 Å². The average Bonchev–Trinajstić information content (AvgIpc) is 2.33. The van der Waals surface area contributed by atoms with Gasteiger partial charge in [0.05, 0.1) is 21.3 Å². The van der Waals surface area contributed by atoms with Crippen LogP contribution < -0.4 is 29.6 Å². The Balaban J connectivity index is 0.00000208. The minimum atomic E-state index is -5.16. The maximum absolute atomic E-state index is 12.9. The van der Waals surface area contributed by atoms with Crippen LogP contribution in [0.1, 0.15) is 38.5 Å². The first-order chi connectivity index (χ1) is 10.5. The molecule has 10 heteroatoms. The van der Waals surface area contributed by atoms with Gasteiger partial charge in [-0.2, -0.15) is 13.2 Å². The van der Waals surface area contributed by atoms with Crippen LogP contribution in [0.4, 0.5) is 13.2 Å². The van der Waals surface area contributed by atoms with Gasteiger partial charge in [0.2, 0.25) is 6.10 Å². The summed E-state index contributed by atoms with van der Waals surface area (Å²) in [5, 5.41) is 0. The Morgan fingerprint density at radius 2 is 1.54 bits per heavy atom.